The van der Waals surface area contributed by atoms with Crippen molar-refractivity contribution < 1.29 is 53.9 Å². The third-order valence-corrected chi connectivity index (χ3v) is 10.8. The number of rotatable bonds is 11. The molecule has 1 amide bonds. The number of benzene rings is 1. The summed E-state index contributed by atoms with van der Waals surface area (Å²) in [6.07, 6.45) is -3.08. The van der Waals surface area contributed by atoms with Gasteiger partial charge in [-0.25, -0.2) is 13.9 Å². The number of nitrogens with zero attached hydrogens (tertiary/aromatic N) is 8. The molecule has 1 aromatic carbocycles. The lowest BCUT2D eigenvalue weighted by Crippen LogP contribution is -2.69. The molecule has 9 atom stereocenters. The van der Waals surface area contributed by atoms with E-state index in [1.807, 2.05) is 0 Å². The second kappa shape index (κ2) is 15.5. The van der Waals surface area contributed by atoms with E-state index in [1.54, 1.807) is 53.5 Å². The fourth-order valence-corrected chi connectivity index (χ4v) is 7.60. The number of carbonyl (C=O) groups is 1. The second-order valence-corrected chi connectivity index (χ2v) is 14.8. The summed E-state index contributed by atoms with van der Waals surface area (Å²) in [5.74, 6) is -4.22. The molecule has 4 aromatic rings. The minimum Gasteiger partial charge on any atom is -0.442 e. The van der Waals surface area contributed by atoms with Crippen LogP contribution in [0.15, 0.2) is 82.0 Å². The Kier molecular flexibility index (Phi) is 10.5. The molecule has 2 saturated heterocycles. The molecular formula is C36H36BrFN8O10. The van der Waals surface area contributed by atoms with Gasteiger partial charge in [-0.1, -0.05) is 21.6 Å². The lowest BCUT2D eigenvalue weighted by Gasteiger charge is -2.49. The number of pyridine rings is 2. The van der Waals surface area contributed by atoms with Gasteiger partial charge in [0.05, 0.1) is 48.9 Å². The summed E-state index contributed by atoms with van der Waals surface area (Å²) in [7, 11) is 0. The zero-order valence-electron chi connectivity index (χ0n) is 29.3. The maximum absolute atomic E-state index is 15.5. The highest BCUT2D eigenvalue weighted by atomic mass is 79.9. The summed E-state index contributed by atoms with van der Waals surface area (Å²) >= 11 is 3.35. The number of oxime groups is 2. The molecule has 294 valence electrons. The normalized spacial score (nSPS) is 29.4. The van der Waals surface area contributed by atoms with Crippen molar-refractivity contribution in [3.8, 4) is 11.1 Å². The number of amides is 1. The molecule has 0 spiro atoms. The molecular weight excluding hydrogens is 803 g/mol. The van der Waals surface area contributed by atoms with Gasteiger partial charge in [-0.3, -0.25) is 14.9 Å². The summed E-state index contributed by atoms with van der Waals surface area (Å²) in [4.78, 5) is 34.3. The smallest absolute Gasteiger partial charge is 0.414 e. The Hall–Kier alpha value is -4.96. The van der Waals surface area contributed by atoms with Gasteiger partial charge in [-0.05, 0) is 58.7 Å². The predicted octanol–water partition coefficient (Wildman–Crippen LogP) is 1.52. The van der Waals surface area contributed by atoms with E-state index in [1.165, 1.54) is 23.4 Å². The molecule has 3 aromatic heterocycles. The summed E-state index contributed by atoms with van der Waals surface area (Å²) in [6.45, 7) is -0.223. The minimum absolute atomic E-state index is 0.0375. The van der Waals surface area contributed by atoms with E-state index >= 15 is 4.39 Å². The molecule has 4 aliphatic heterocycles. The number of aromatic nitrogens is 5. The van der Waals surface area contributed by atoms with Gasteiger partial charge in [0.2, 0.25) is 5.79 Å². The predicted molar refractivity (Wildman–Crippen MR) is 194 cm³/mol. The number of hydrogen-bond acceptors (Lipinski definition) is 16. The Balaban J connectivity index is 0.950. The van der Waals surface area contributed by atoms with Crippen molar-refractivity contribution >= 4 is 39.1 Å². The summed E-state index contributed by atoms with van der Waals surface area (Å²) in [6, 6.07) is 11.3. The number of aliphatic hydroxyl groups is 5. The van der Waals surface area contributed by atoms with Gasteiger partial charge in [-0.2, -0.15) is 0 Å². The molecule has 5 N–H and O–H groups in total. The van der Waals surface area contributed by atoms with Crippen molar-refractivity contribution in [2.24, 2.45) is 16.2 Å². The number of aliphatic hydroxyl groups excluding tert-OH is 4. The molecule has 0 radical (unpaired) electrons. The van der Waals surface area contributed by atoms with E-state index in [9.17, 15) is 30.3 Å². The van der Waals surface area contributed by atoms with E-state index < -0.39 is 73.0 Å². The van der Waals surface area contributed by atoms with Crippen molar-refractivity contribution in [1.82, 2.24) is 25.0 Å². The van der Waals surface area contributed by atoms with Crippen LogP contribution in [0.2, 0.25) is 0 Å². The van der Waals surface area contributed by atoms with E-state index in [4.69, 9.17) is 19.1 Å². The van der Waals surface area contributed by atoms with E-state index in [-0.39, 0.29) is 31.4 Å². The highest BCUT2D eigenvalue weighted by Gasteiger charge is 2.60. The number of anilines is 1. The molecule has 4 aliphatic rings. The van der Waals surface area contributed by atoms with Crippen LogP contribution in [0.5, 0.6) is 0 Å². The van der Waals surface area contributed by atoms with Crippen molar-refractivity contribution in [3.63, 3.8) is 0 Å². The molecule has 18 nitrogen and oxygen atoms in total. The average molecular weight is 840 g/mol. The summed E-state index contributed by atoms with van der Waals surface area (Å²) < 4.78 is 28.9. The minimum atomic E-state index is -2.52. The first-order valence-electron chi connectivity index (χ1n) is 17.7. The fraction of sp³-hybridized carbons (Fsp3) is 0.417. The lowest BCUT2D eigenvalue weighted by atomic mass is 9.77. The largest absolute Gasteiger partial charge is 0.442 e. The van der Waals surface area contributed by atoms with E-state index in [0.717, 1.165) is 4.47 Å². The van der Waals surface area contributed by atoms with Crippen LogP contribution >= 0.6 is 15.9 Å². The number of ether oxygens (including phenoxy) is 2. The van der Waals surface area contributed by atoms with Crippen molar-refractivity contribution in [2.75, 3.05) is 18.1 Å². The molecule has 20 heteroatoms. The van der Waals surface area contributed by atoms with Gasteiger partial charge >= 0.3 is 6.09 Å². The van der Waals surface area contributed by atoms with E-state index in [0.29, 0.717) is 40.6 Å². The van der Waals surface area contributed by atoms with Crippen LogP contribution in [0, 0.1) is 11.7 Å². The molecule has 0 saturated carbocycles. The molecule has 0 aliphatic carbocycles. The SMILES string of the molecule is O=C1O[C@@H](Cn2ccnn2)CN1c1ccc(-c2ccc(C3=NO[C@@H](CC([C@@H]4CC(c5ccc(Br)cn5)=NO4)[C@@]4(O)O[C@H](CO)[C@@H](O)[C@H](O)[C@H]4O)C3)nc2)c(F)c1. The maximum Gasteiger partial charge on any atom is 0.414 e. The maximum atomic E-state index is 15.5. The lowest BCUT2D eigenvalue weighted by molar-refractivity contribution is -0.377. The Bertz CT molecular complexity index is 2110. The second-order valence-electron chi connectivity index (χ2n) is 13.9. The van der Waals surface area contributed by atoms with E-state index in [2.05, 4.69) is 46.5 Å². The summed E-state index contributed by atoms with van der Waals surface area (Å²) in [5.41, 5.74) is 2.95. The quantitative estimate of drug-likeness (QED) is 0.144. The number of hydrogen-bond donors (Lipinski definition) is 5. The molecule has 56 heavy (non-hydrogen) atoms. The Morgan fingerprint density at radius 2 is 1.73 bits per heavy atom. The average Bonchev–Trinajstić information content (AvgIpc) is 4.04. The Labute approximate surface area is 325 Å². The standard InChI is InChI=1S/C36H36BrFN8O10/c37-19-2-6-27(40-14-19)29-12-30(56-43-29)24(36(52)34(50)33(49)32(48)31(17-47)54-36)10-21-11-28(42-55-21)26-5-1-18(13-39-26)23-4-3-20(9-25(23)38)46-16-22(53-35(46)51)15-45-8-7-41-44-45/h1-9,13-14,21-22,24,30-34,47-50,52H,10-12,15-17H2/t21-,22-,24?,30-,31+,32+,33-,34+,36+/m0/s1. The Morgan fingerprint density at radius 1 is 0.964 bits per heavy atom. The monoisotopic (exact) mass is 838 g/mol. The van der Waals surface area contributed by atoms with Gasteiger partial charge in [-0.15, -0.1) is 5.10 Å². The van der Waals surface area contributed by atoms with Gasteiger partial charge in [0.15, 0.2) is 0 Å². The third kappa shape index (κ3) is 7.36. The van der Waals surface area contributed by atoms with Crippen LogP contribution in [0.4, 0.5) is 14.9 Å². The Morgan fingerprint density at radius 3 is 2.43 bits per heavy atom. The van der Waals surface area contributed by atoms with Gasteiger partial charge in [0, 0.05) is 47.0 Å². The van der Waals surface area contributed by atoms with Crippen molar-refractivity contribution in [3.05, 3.63) is 88.9 Å². The van der Waals surface area contributed by atoms with Gasteiger partial charge < -0.3 is 44.7 Å². The number of halogens is 2. The van der Waals surface area contributed by atoms with Crippen molar-refractivity contribution in [2.45, 2.75) is 74.3 Å². The molecule has 0 bridgehead atoms. The molecule has 2 fully saturated rings. The molecule has 7 heterocycles. The topological polar surface area (TPSA) is 240 Å². The van der Waals surface area contributed by atoms with Crippen molar-refractivity contribution in [1.29, 1.82) is 0 Å². The third-order valence-electron chi connectivity index (χ3n) is 10.3. The van der Waals surface area contributed by atoms with Crippen LogP contribution < -0.4 is 4.90 Å². The molecule has 8 rings (SSSR count). The van der Waals surface area contributed by atoms with Crippen LogP contribution in [0.3, 0.4) is 0 Å². The van der Waals surface area contributed by atoms with Crippen LogP contribution in [0.25, 0.3) is 11.1 Å². The van der Waals surface area contributed by atoms with Gasteiger partial charge in [0.25, 0.3) is 0 Å². The first kappa shape index (κ1) is 37.9. The van der Waals surface area contributed by atoms with Gasteiger partial charge in [0.1, 0.15) is 60.0 Å². The first-order chi connectivity index (χ1) is 27.0. The van der Waals surface area contributed by atoms with Crippen LogP contribution in [0.1, 0.15) is 30.7 Å². The number of carbonyl (C=O) groups excluding carboxylic acids is 1. The van der Waals surface area contributed by atoms with Crippen LogP contribution in [-0.2, 0) is 25.7 Å². The first-order valence-corrected chi connectivity index (χ1v) is 18.5. The highest BCUT2D eigenvalue weighted by Crippen LogP contribution is 2.42. The zero-order valence-corrected chi connectivity index (χ0v) is 30.9. The van der Waals surface area contributed by atoms with Crippen LogP contribution in [-0.4, -0.2) is 130 Å². The fourth-order valence-electron chi connectivity index (χ4n) is 7.37. The highest BCUT2D eigenvalue weighted by molar-refractivity contribution is 9.10. The summed E-state index contributed by atoms with van der Waals surface area (Å²) in [5, 5.41) is 70.0. The number of cyclic esters (lactones) is 1. The molecule has 1 unspecified atom stereocenters. The zero-order chi connectivity index (χ0) is 39.1.